The van der Waals surface area contributed by atoms with E-state index in [0.717, 1.165) is 0 Å². The summed E-state index contributed by atoms with van der Waals surface area (Å²) in [6, 6.07) is 6.11. The van der Waals surface area contributed by atoms with E-state index in [2.05, 4.69) is 31.2 Å². The zero-order valence-corrected chi connectivity index (χ0v) is 11.7. The summed E-state index contributed by atoms with van der Waals surface area (Å²) in [6.07, 6.45) is 2.73. The van der Waals surface area contributed by atoms with Crippen molar-refractivity contribution in [2.24, 2.45) is 0 Å². The highest BCUT2D eigenvalue weighted by Gasteiger charge is 2.15. The van der Waals surface area contributed by atoms with Crippen molar-refractivity contribution in [2.75, 3.05) is 5.32 Å². The van der Waals surface area contributed by atoms with Crippen LogP contribution in [0.5, 0.6) is 0 Å². The van der Waals surface area contributed by atoms with Crippen LogP contribution in [0.4, 0.5) is 11.5 Å². The van der Waals surface area contributed by atoms with Crippen molar-refractivity contribution < 1.29 is 9.72 Å². The summed E-state index contributed by atoms with van der Waals surface area (Å²) in [4.78, 5) is 30.0. The molecule has 1 aromatic heterocycles. The molecule has 0 spiro atoms. The quantitative estimate of drug-likeness (QED) is 0.682. The van der Waals surface area contributed by atoms with Gasteiger partial charge in [0, 0.05) is 11.6 Å². The summed E-state index contributed by atoms with van der Waals surface area (Å²) in [5.74, 6) is -0.104. The second kappa shape index (κ2) is 6.20. The van der Waals surface area contributed by atoms with E-state index in [4.69, 9.17) is 0 Å². The lowest BCUT2D eigenvalue weighted by molar-refractivity contribution is -0.385. The minimum absolute atomic E-state index is 0.0791. The number of anilines is 1. The molecule has 2 aromatic rings. The maximum absolute atomic E-state index is 11.8. The van der Waals surface area contributed by atoms with Gasteiger partial charge in [-0.2, -0.15) is 0 Å². The van der Waals surface area contributed by atoms with Crippen LogP contribution >= 0.6 is 15.9 Å². The van der Waals surface area contributed by atoms with E-state index in [-0.39, 0.29) is 17.9 Å². The molecule has 2 rings (SSSR count). The standard InChI is InChI=1S/C12H9BrN4O3/c13-10-6-15-11(7-14-10)16-12(18)5-8-3-1-2-4-9(8)17(19)20/h1-4,6-7H,5H2,(H,15,16,18). The van der Waals surface area contributed by atoms with Gasteiger partial charge in [0.2, 0.25) is 5.91 Å². The highest BCUT2D eigenvalue weighted by molar-refractivity contribution is 9.10. The lowest BCUT2D eigenvalue weighted by Crippen LogP contribution is -2.16. The van der Waals surface area contributed by atoms with E-state index in [1.165, 1.54) is 18.5 Å². The number of nitro benzene ring substituents is 1. The largest absolute Gasteiger partial charge is 0.309 e. The molecule has 0 saturated heterocycles. The fraction of sp³-hybridized carbons (Fsp3) is 0.0833. The zero-order chi connectivity index (χ0) is 14.5. The Morgan fingerprint density at radius 3 is 2.70 bits per heavy atom. The molecule has 8 heteroatoms. The average Bonchev–Trinajstić information content (AvgIpc) is 2.41. The van der Waals surface area contributed by atoms with Crippen LogP contribution in [0, 0.1) is 10.1 Å². The predicted molar refractivity (Wildman–Crippen MR) is 75.2 cm³/mol. The first-order valence-electron chi connectivity index (χ1n) is 5.56. The van der Waals surface area contributed by atoms with Crippen LogP contribution in [-0.2, 0) is 11.2 Å². The molecule has 0 aliphatic heterocycles. The summed E-state index contributed by atoms with van der Waals surface area (Å²) in [7, 11) is 0. The summed E-state index contributed by atoms with van der Waals surface area (Å²) in [5.41, 5.74) is 0.268. The second-order valence-electron chi connectivity index (χ2n) is 3.84. The maximum Gasteiger partial charge on any atom is 0.273 e. The molecule has 0 fully saturated rings. The Bertz CT molecular complexity index is 645. The number of benzene rings is 1. The number of halogens is 1. The Balaban J connectivity index is 2.08. The predicted octanol–water partition coefficient (Wildman–Crippen LogP) is 2.33. The van der Waals surface area contributed by atoms with Crippen LogP contribution in [0.1, 0.15) is 5.56 Å². The van der Waals surface area contributed by atoms with E-state index < -0.39 is 10.8 Å². The van der Waals surface area contributed by atoms with Gasteiger partial charge in [0.25, 0.3) is 5.69 Å². The van der Waals surface area contributed by atoms with Gasteiger partial charge in [-0.1, -0.05) is 18.2 Å². The first-order valence-corrected chi connectivity index (χ1v) is 6.35. The number of nitrogens with zero attached hydrogens (tertiary/aromatic N) is 3. The number of rotatable bonds is 4. The van der Waals surface area contributed by atoms with E-state index in [1.807, 2.05) is 0 Å². The topological polar surface area (TPSA) is 98.0 Å². The lowest BCUT2D eigenvalue weighted by Gasteiger charge is -2.04. The van der Waals surface area contributed by atoms with Gasteiger partial charge in [0.1, 0.15) is 4.60 Å². The van der Waals surface area contributed by atoms with Gasteiger partial charge in [-0.05, 0) is 15.9 Å². The average molecular weight is 337 g/mol. The number of para-hydroxylation sites is 1. The SMILES string of the molecule is O=C(Cc1ccccc1[N+](=O)[O-])Nc1cnc(Br)cn1. The fourth-order valence-corrected chi connectivity index (χ4v) is 1.78. The molecule has 0 saturated carbocycles. The third-order valence-corrected chi connectivity index (χ3v) is 2.84. The summed E-state index contributed by atoms with van der Waals surface area (Å²) in [6.45, 7) is 0. The van der Waals surface area contributed by atoms with Gasteiger partial charge < -0.3 is 5.32 Å². The van der Waals surface area contributed by atoms with E-state index >= 15 is 0 Å². The molecule has 7 nitrogen and oxygen atoms in total. The van der Waals surface area contributed by atoms with Gasteiger partial charge in [0.15, 0.2) is 5.82 Å². The number of nitrogens with one attached hydrogen (secondary N) is 1. The van der Waals surface area contributed by atoms with Crippen molar-refractivity contribution in [3.05, 3.63) is 56.9 Å². The molecule has 1 heterocycles. The zero-order valence-electron chi connectivity index (χ0n) is 10.1. The molecule has 1 aromatic carbocycles. The normalized spacial score (nSPS) is 10.1. The molecule has 102 valence electrons. The first-order chi connectivity index (χ1) is 9.56. The number of amides is 1. The van der Waals surface area contributed by atoms with E-state index in [1.54, 1.807) is 18.2 Å². The molecule has 0 aliphatic rings. The Hall–Kier alpha value is -2.35. The van der Waals surface area contributed by atoms with Crippen molar-refractivity contribution in [2.45, 2.75) is 6.42 Å². The fourth-order valence-electron chi connectivity index (χ4n) is 1.58. The second-order valence-corrected chi connectivity index (χ2v) is 4.65. The Labute approximate surface area is 122 Å². The first kappa shape index (κ1) is 14.1. The third-order valence-electron chi connectivity index (χ3n) is 2.43. The number of carbonyl (C=O) groups excluding carboxylic acids is 1. The van der Waals surface area contributed by atoms with Crippen LogP contribution in [0.25, 0.3) is 0 Å². The van der Waals surface area contributed by atoms with Crippen molar-refractivity contribution in [1.29, 1.82) is 0 Å². The molecule has 0 atom stereocenters. The minimum Gasteiger partial charge on any atom is -0.309 e. The lowest BCUT2D eigenvalue weighted by atomic mass is 10.1. The van der Waals surface area contributed by atoms with Crippen LogP contribution in [0.3, 0.4) is 0 Å². The van der Waals surface area contributed by atoms with Crippen LogP contribution < -0.4 is 5.32 Å². The van der Waals surface area contributed by atoms with Gasteiger partial charge in [-0.15, -0.1) is 0 Å². The smallest absolute Gasteiger partial charge is 0.273 e. The number of aromatic nitrogens is 2. The summed E-state index contributed by atoms with van der Waals surface area (Å²) < 4.78 is 0.550. The highest BCUT2D eigenvalue weighted by Crippen LogP contribution is 2.18. The minimum atomic E-state index is -0.512. The Kier molecular flexibility index (Phi) is 4.36. The van der Waals surface area contributed by atoms with Gasteiger partial charge >= 0.3 is 0 Å². The monoisotopic (exact) mass is 336 g/mol. The Morgan fingerprint density at radius 1 is 1.30 bits per heavy atom. The van der Waals surface area contributed by atoms with Crippen molar-refractivity contribution in [3.8, 4) is 0 Å². The summed E-state index contributed by atoms with van der Waals surface area (Å²) >= 11 is 3.13. The molecular formula is C12H9BrN4O3. The molecule has 0 unspecified atom stereocenters. The summed E-state index contributed by atoms with van der Waals surface area (Å²) in [5, 5.41) is 13.4. The van der Waals surface area contributed by atoms with Crippen LogP contribution in [-0.4, -0.2) is 20.8 Å². The van der Waals surface area contributed by atoms with Crippen molar-refractivity contribution >= 4 is 33.3 Å². The van der Waals surface area contributed by atoms with Gasteiger partial charge in [-0.3, -0.25) is 14.9 Å². The number of nitro groups is 1. The molecular weight excluding hydrogens is 328 g/mol. The molecule has 1 N–H and O–H groups in total. The van der Waals surface area contributed by atoms with E-state index in [0.29, 0.717) is 10.2 Å². The van der Waals surface area contributed by atoms with Crippen molar-refractivity contribution in [1.82, 2.24) is 9.97 Å². The maximum atomic E-state index is 11.8. The van der Waals surface area contributed by atoms with Crippen LogP contribution in [0.15, 0.2) is 41.3 Å². The van der Waals surface area contributed by atoms with Crippen LogP contribution in [0.2, 0.25) is 0 Å². The highest BCUT2D eigenvalue weighted by atomic mass is 79.9. The number of hydrogen-bond donors (Lipinski definition) is 1. The molecule has 20 heavy (non-hydrogen) atoms. The number of carbonyl (C=O) groups is 1. The molecule has 0 bridgehead atoms. The molecule has 0 radical (unpaired) electrons. The van der Waals surface area contributed by atoms with Gasteiger partial charge in [0.05, 0.1) is 23.7 Å². The Morgan fingerprint density at radius 2 is 2.05 bits per heavy atom. The number of hydrogen-bond acceptors (Lipinski definition) is 5. The third kappa shape index (κ3) is 3.58. The molecule has 0 aliphatic carbocycles. The van der Waals surface area contributed by atoms with E-state index in [9.17, 15) is 14.9 Å². The van der Waals surface area contributed by atoms with Crippen molar-refractivity contribution in [3.63, 3.8) is 0 Å². The molecule has 1 amide bonds. The van der Waals surface area contributed by atoms with Gasteiger partial charge in [-0.25, -0.2) is 9.97 Å².